The third-order valence-corrected chi connectivity index (χ3v) is 12.5. The molecular weight excluding hydrogens is 737 g/mol. The first-order chi connectivity index (χ1) is 25.7. The minimum absolute atomic E-state index is 0.00468. The van der Waals surface area contributed by atoms with Crippen LogP contribution in [0.25, 0.3) is 0 Å². The van der Waals surface area contributed by atoms with Gasteiger partial charge in [-0.3, -0.25) is 19.4 Å². The first-order valence-corrected chi connectivity index (χ1v) is 20.0. The van der Waals surface area contributed by atoms with Crippen molar-refractivity contribution in [2.75, 3.05) is 37.4 Å². The molecular formula is C37H44N6O9S2. The highest BCUT2D eigenvalue weighted by Gasteiger charge is 2.51. The van der Waals surface area contributed by atoms with E-state index in [9.17, 15) is 37.5 Å². The smallest absolute Gasteiger partial charge is 0.415 e. The fraction of sp³-hybridized carbons (Fsp3) is 0.405. The zero-order valence-corrected chi connectivity index (χ0v) is 31.9. The number of amides is 4. The lowest BCUT2D eigenvalue weighted by molar-refractivity contribution is -0.142. The number of carbonyl (C=O) groups is 5. The van der Waals surface area contributed by atoms with Crippen molar-refractivity contribution in [3.05, 3.63) is 84.2 Å². The van der Waals surface area contributed by atoms with Gasteiger partial charge < -0.3 is 30.3 Å². The van der Waals surface area contributed by atoms with E-state index < -0.39 is 44.8 Å². The molecule has 0 aliphatic carbocycles. The van der Waals surface area contributed by atoms with Crippen molar-refractivity contribution in [2.24, 2.45) is 0 Å². The number of benzene rings is 2. The molecule has 3 aromatic rings. The summed E-state index contributed by atoms with van der Waals surface area (Å²) < 4.78 is 32.6. The van der Waals surface area contributed by atoms with Gasteiger partial charge >= 0.3 is 12.1 Å². The second-order valence-corrected chi connectivity index (χ2v) is 17.0. The van der Waals surface area contributed by atoms with E-state index >= 15 is 0 Å². The number of aliphatic carboxylic acids is 1. The number of hydrogen-bond acceptors (Lipinski definition) is 10. The van der Waals surface area contributed by atoms with Gasteiger partial charge in [-0.05, 0) is 74.4 Å². The number of thioether (sulfide) groups is 1. The Hall–Kier alpha value is -5.00. The second kappa shape index (κ2) is 17.4. The van der Waals surface area contributed by atoms with Gasteiger partial charge in [0.1, 0.15) is 22.7 Å². The normalized spacial score (nSPS) is 17.7. The van der Waals surface area contributed by atoms with Crippen LogP contribution in [0.2, 0.25) is 0 Å². The molecule has 15 nitrogen and oxygen atoms in total. The van der Waals surface area contributed by atoms with Crippen molar-refractivity contribution >= 4 is 57.3 Å². The lowest BCUT2D eigenvalue weighted by Gasteiger charge is -2.34. The first-order valence-electron chi connectivity index (χ1n) is 17.5. The number of carboxylic acids is 1. The summed E-state index contributed by atoms with van der Waals surface area (Å²) in [5, 5.41) is 15.3. The van der Waals surface area contributed by atoms with E-state index in [2.05, 4.69) is 15.6 Å². The Bertz CT molecular complexity index is 1940. The summed E-state index contributed by atoms with van der Waals surface area (Å²) in [5.74, 6) is -2.07. The zero-order chi connectivity index (χ0) is 39.0. The van der Waals surface area contributed by atoms with Crippen molar-refractivity contribution in [2.45, 2.75) is 68.2 Å². The highest BCUT2D eigenvalue weighted by Crippen LogP contribution is 2.42. The quantitative estimate of drug-likeness (QED) is 0.228. The van der Waals surface area contributed by atoms with Crippen molar-refractivity contribution in [1.82, 2.24) is 24.4 Å². The number of unbranched alkanes of at least 4 members (excludes halogenated alkanes) is 1. The lowest BCUT2D eigenvalue weighted by Crippen LogP contribution is -2.56. The SMILES string of the molecule is CCCCC(=O)Nc1ccc(C(=O)N2CCN(C(=O)Oc3ccc(C[C@H](NC(=O)[C@H]4N(S(=O)(=O)c5cccnc5)CSC4(C)C)C(=O)O)cc3)CC2)cc1. The summed E-state index contributed by atoms with van der Waals surface area (Å²) in [6, 6.07) is 13.2. The van der Waals surface area contributed by atoms with Crippen LogP contribution in [0.5, 0.6) is 5.75 Å². The molecule has 0 unspecified atom stereocenters. The summed E-state index contributed by atoms with van der Waals surface area (Å²) in [6.07, 6.45) is 4.09. The molecule has 17 heteroatoms. The van der Waals surface area contributed by atoms with Gasteiger partial charge in [-0.25, -0.2) is 18.0 Å². The average Bonchev–Trinajstić information content (AvgIpc) is 3.50. The molecule has 1 aromatic heterocycles. The highest BCUT2D eigenvalue weighted by molar-refractivity contribution is 8.02. The fourth-order valence-corrected chi connectivity index (χ4v) is 9.23. The van der Waals surface area contributed by atoms with Crippen molar-refractivity contribution in [3.63, 3.8) is 0 Å². The van der Waals surface area contributed by atoms with Crippen LogP contribution in [-0.4, -0.2) is 111 Å². The summed E-state index contributed by atoms with van der Waals surface area (Å²) in [5.41, 5.74) is 1.62. The van der Waals surface area contributed by atoms with Crippen LogP contribution >= 0.6 is 11.8 Å². The van der Waals surface area contributed by atoms with Crippen LogP contribution in [-0.2, 0) is 30.8 Å². The number of carbonyl (C=O) groups excluding carboxylic acids is 4. The molecule has 0 radical (unpaired) electrons. The van der Waals surface area contributed by atoms with Crippen LogP contribution in [0, 0.1) is 0 Å². The molecule has 4 amide bonds. The summed E-state index contributed by atoms with van der Waals surface area (Å²) in [7, 11) is -4.10. The minimum Gasteiger partial charge on any atom is -0.480 e. The van der Waals surface area contributed by atoms with Crippen molar-refractivity contribution in [1.29, 1.82) is 0 Å². The monoisotopic (exact) mass is 780 g/mol. The second-order valence-electron chi connectivity index (χ2n) is 13.5. The van der Waals surface area contributed by atoms with Crippen LogP contribution in [0.1, 0.15) is 56.0 Å². The highest BCUT2D eigenvalue weighted by atomic mass is 32.2. The predicted octanol–water partition coefficient (Wildman–Crippen LogP) is 3.82. The van der Waals surface area contributed by atoms with E-state index in [1.807, 2.05) is 6.92 Å². The van der Waals surface area contributed by atoms with E-state index in [4.69, 9.17) is 4.74 Å². The number of pyridine rings is 1. The van der Waals surface area contributed by atoms with Crippen molar-refractivity contribution < 1.29 is 42.2 Å². The molecule has 288 valence electrons. The fourth-order valence-electron chi connectivity index (χ4n) is 6.10. The average molecular weight is 781 g/mol. The molecule has 2 fully saturated rings. The number of carboxylic acid groups (broad SMARTS) is 1. The maximum absolute atomic E-state index is 13.6. The zero-order valence-electron chi connectivity index (χ0n) is 30.3. The standard InChI is InChI=1S/C37H44N6O9S2/c1-4-5-8-31(44)39-27-13-11-26(12-14-27)34(46)41-18-20-42(21-19-41)36(49)52-28-15-9-25(10-16-28)22-30(35(47)48)40-33(45)32-37(2,3)53-24-43(32)54(50,51)29-7-6-17-38-23-29/h6-7,9-17,23,30,32H,4-5,8,18-22,24H2,1-3H3,(H,39,44)(H,40,45)(H,47,48)/t30-,32+/m0/s1. The summed E-state index contributed by atoms with van der Waals surface area (Å²) in [6.45, 7) is 6.59. The number of sulfonamides is 1. The third-order valence-electron chi connectivity index (χ3n) is 9.18. The van der Waals surface area contributed by atoms with E-state index in [1.54, 1.807) is 55.1 Å². The topological polar surface area (TPSA) is 196 Å². The number of hydrogen-bond donors (Lipinski definition) is 3. The molecule has 2 aliphatic rings. The minimum atomic E-state index is -4.10. The van der Waals surface area contributed by atoms with Crippen LogP contribution in [0.4, 0.5) is 10.5 Å². The maximum atomic E-state index is 13.6. The van der Waals surface area contributed by atoms with E-state index in [1.165, 1.54) is 53.3 Å². The first kappa shape index (κ1) is 40.2. The van der Waals surface area contributed by atoms with Gasteiger partial charge in [0.15, 0.2) is 0 Å². The number of nitrogens with one attached hydrogen (secondary N) is 2. The number of nitrogens with zero attached hydrogens (tertiary/aromatic N) is 4. The Kier molecular flexibility index (Phi) is 13.0. The molecule has 5 rings (SSSR count). The van der Waals surface area contributed by atoms with Gasteiger partial charge in [0.2, 0.25) is 21.8 Å². The Morgan fingerprint density at radius 3 is 2.26 bits per heavy atom. The van der Waals surface area contributed by atoms with Crippen molar-refractivity contribution in [3.8, 4) is 5.75 Å². The lowest BCUT2D eigenvalue weighted by atomic mass is 10.0. The number of piperazine rings is 1. The molecule has 2 saturated heterocycles. The largest absolute Gasteiger partial charge is 0.480 e. The molecule has 3 heterocycles. The van der Waals surface area contributed by atoms with Crippen LogP contribution in [0.3, 0.4) is 0 Å². The van der Waals surface area contributed by atoms with E-state index in [-0.39, 0.29) is 47.8 Å². The van der Waals surface area contributed by atoms with Gasteiger partial charge in [0, 0.05) is 67.4 Å². The molecule has 0 bridgehead atoms. The van der Waals surface area contributed by atoms with Gasteiger partial charge in [0.25, 0.3) is 5.91 Å². The third kappa shape index (κ3) is 9.75. The van der Waals surface area contributed by atoms with Gasteiger partial charge in [0.05, 0.1) is 5.88 Å². The Balaban J connectivity index is 1.12. The van der Waals surface area contributed by atoms with E-state index in [0.717, 1.165) is 17.1 Å². The molecule has 2 atom stereocenters. The number of aromatic nitrogens is 1. The van der Waals surface area contributed by atoms with Crippen LogP contribution < -0.4 is 15.4 Å². The van der Waals surface area contributed by atoms with Gasteiger partial charge in [-0.2, -0.15) is 4.31 Å². The molecule has 0 spiro atoms. The van der Waals surface area contributed by atoms with Crippen LogP contribution in [0.15, 0.2) is 78.0 Å². The summed E-state index contributed by atoms with van der Waals surface area (Å²) >= 11 is 1.27. The molecule has 3 N–H and O–H groups in total. The Morgan fingerprint density at radius 2 is 1.65 bits per heavy atom. The molecule has 0 saturated carbocycles. The Morgan fingerprint density at radius 1 is 0.981 bits per heavy atom. The number of rotatable bonds is 13. The maximum Gasteiger partial charge on any atom is 0.415 e. The molecule has 2 aliphatic heterocycles. The van der Waals surface area contributed by atoms with E-state index in [0.29, 0.717) is 36.3 Å². The van der Waals surface area contributed by atoms with Gasteiger partial charge in [-0.1, -0.05) is 25.5 Å². The predicted molar refractivity (Wildman–Crippen MR) is 201 cm³/mol. The molecule has 54 heavy (non-hydrogen) atoms. The van der Waals surface area contributed by atoms with Gasteiger partial charge in [-0.15, -0.1) is 11.8 Å². The summed E-state index contributed by atoms with van der Waals surface area (Å²) in [4.78, 5) is 70.8. The number of ether oxygens (including phenoxy) is 1. The Labute approximate surface area is 318 Å². The number of anilines is 1. The molecule has 2 aromatic carbocycles.